The molecule has 1 unspecified atom stereocenters. The highest BCUT2D eigenvalue weighted by atomic mass is 35.5. The standard InChI is InChI=1S/C25H24ClNO4/c26-21-10-8-19(9-11-21)25-16-27(15-20-5-1-2-6-22(20)31-25)30-13-3-4-18-7-12-23-24(14-18)29-17-28-23/h1-2,5-12,14,25H,3-4,13,15-17H2. The first-order valence-electron chi connectivity index (χ1n) is 10.5. The summed E-state index contributed by atoms with van der Waals surface area (Å²) in [7, 11) is 0. The Morgan fingerprint density at radius 1 is 0.935 bits per heavy atom. The van der Waals surface area contributed by atoms with Crippen molar-refractivity contribution in [1.29, 1.82) is 0 Å². The van der Waals surface area contributed by atoms with Crippen molar-refractivity contribution in [3.8, 4) is 17.2 Å². The van der Waals surface area contributed by atoms with Crippen molar-refractivity contribution >= 4 is 11.6 Å². The zero-order valence-corrected chi connectivity index (χ0v) is 17.9. The lowest BCUT2D eigenvalue weighted by molar-refractivity contribution is -0.175. The molecule has 0 spiro atoms. The van der Waals surface area contributed by atoms with Crippen LogP contribution in [0.4, 0.5) is 0 Å². The maximum Gasteiger partial charge on any atom is 0.231 e. The minimum Gasteiger partial charge on any atom is -0.484 e. The lowest BCUT2D eigenvalue weighted by Gasteiger charge is -2.23. The van der Waals surface area contributed by atoms with Gasteiger partial charge in [0, 0.05) is 10.6 Å². The molecule has 0 amide bonds. The summed E-state index contributed by atoms with van der Waals surface area (Å²) in [6, 6.07) is 22.1. The normalized spacial score (nSPS) is 17.6. The highest BCUT2D eigenvalue weighted by molar-refractivity contribution is 6.30. The summed E-state index contributed by atoms with van der Waals surface area (Å²) >= 11 is 6.07. The number of aryl methyl sites for hydroxylation is 1. The third-order valence-corrected chi connectivity index (χ3v) is 5.77. The molecule has 1 atom stereocenters. The molecular formula is C25H24ClNO4. The summed E-state index contributed by atoms with van der Waals surface area (Å²) in [5.74, 6) is 2.54. The summed E-state index contributed by atoms with van der Waals surface area (Å²) in [5.41, 5.74) is 3.42. The van der Waals surface area contributed by atoms with Crippen molar-refractivity contribution in [3.63, 3.8) is 0 Å². The number of nitrogens with zero attached hydrogens (tertiary/aromatic N) is 1. The first-order chi connectivity index (χ1) is 15.2. The summed E-state index contributed by atoms with van der Waals surface area (Å²) < 4.78 is 17.2. The maximum absolute atomic E-state index is 6.34. The summed E-state index contributed by atoms with van der Waals surface area (Å²) in [4.78, 5) is 6.18. The van der Waals surface area contributed by atoms with Crippen LogP contribution in [-0.2, 0) is 17.8 Å². The predicted molar refractivity (Wildman–Crippen MR) is 119 cm³/mol. The molecule has 0 bridgehead atoms. The van der Waals surface area contributed by atoms with Crippen molar-refractivity contribution in [2.45, 2.75) is 25.5 Å². The average molecular weight is 438 g/mol. The number of hydroxylamine groups is 2. The number of fused-ring (bicyclic) bond motifs is 2. The van der Waals surface area contributed by atoms with Gasteiger partial charge in [-0.1, -0.05) is 48.0 Å². The third-order valence-electron chi connectivity index (χ3n) is 5.52. The summed E-state index contributed by atoms with van der Waals surface area (Å²) in [6.45, 7) is 2.25. The van der Waals surface area contributed by atoms with E-state index in [0.29, 0.717) is 26.5 Å². The third kappa shape index (κ3) is 4.79. The van der Waals surface area contributed by atoms with Crippen molar-refractivity contribution in [2.24, 2.45) is 0 Å². The molecule has 0 saturated heterocycles. The molecule has 160 valence electrons. The lowest BCUT2D eigenvalue weighted by Crippen LogP contribution is -2.29. The minimum atomic E-state index is -0.130. The Morgan fingerprint density at radius 2 is 1.77 bits per heavy atom. The van der Waals surface area contributed by atoms with Gasteiger partial charge in [0.2, 0.25) is 6.79 Å². The lowest BCUT2D eigenvalue weighted by atomic mass is 10.1. The highest BCUT2D eigenvalue weighted by Gasteiger charge is 2.25. The largest absolute Gasteiger partial charge is 0.484 e. The molecule has 0 fully saturated rings. The summed E-state index contributed by atoms with van der Waals surface area (Å²) in [6.07, 6.45) is 1.69. The van der Waals surface area contributed by atoms with Crippen LogP contribution in [0, 0.1) is 0 Å². The fourth-order valence-corrected chi connectivity index (χ4v) is 4.02. The Balaban J connectivity index is 1.23. The van der Waals surface area contributed by atoms with E-state index in [1.807, 2.05) is 53.6 Å². The first-order valence-corrected chi connectivity index (χ1v) is 10.9. The van der Waals surface area contributed by atoms with Gasteiger partial charge in [-0.2, -0.15) is 5.06 Å². The second kappa shape index (κ2) is 9.18. The number of para-hydroxylation sites is 1. The smallest absolute Gasteiger partial charge is 0.231 e. The molecule has 2 aliphatic rings. The molecule has 0 radical (unpaired) electrons. The van der Waals surface area contributed by atoms with E-state index in [1.165, 1.54) is 5.56 Å². The van der Waals surface area contributed by atoms with E-state index in [-0.39, 0.29) is 6.10 Å². The van der Waals surface area contributed by atoms with E-state index in [9.17, 15) is 0 Å². The molecule has 5 nitrogen and oxygen atoms in total. The molecule has 0 aliphatic carbocycles. The van der Waals surface area contributed by atoms with Crippen LogP contribution < -0.4 is 14.2 Å². The number of ether oxygens (including phenoxy) is 3. The van der Waals surface area contributed by atoms with Gasteiger partial charge in [0.1, 0.15) is 11.9 Å². The topological polar surface area (TPSA) is 40.2 Å². The van der Waals surface area contributed by atoms with Gasteiger partial charge in [-0.05, 0) is 54.3 Å². The molecule has 6 heteroatoms. The van der Waals surface area contributed by atoms with E-state index in [2.05, 4.69) is 18.2 Å². The zero-order valence-electron chi connectivity index (χ0n) is 17.1. The zero-order chi connectivity index (χ0) is 21.0. The minimum absolute atomic E-state index is 0.130. The van der Waals surface area contributed by atoms with E-state index in [1.54, 1.807) is 0 Å². The molecule has 31 heavy (non-hydrogen) atoms. The number of hydrogen-bond donors (Lipinski definition) is 0. The molecule has 5 rings (SSSR count). The quantitative estimate of drug-likeness (QED) is 0.471. The Labute approximate surface area is 187 Å². The molecule has 2 aliphatic heterocycles. The number of hydrogen-bond acceptors (Lipinski definition) is 5. The molecule has 0 saturated carbocycles. The van der Waals surface area contributed by atoms with Crippen LogP contribution in [0.2, 0.25) is 5.02 Å². The van der Waals surface area contributed by atoms with Crippen LogP contribution in [0.1, 0.15) is 29.2 Å². The number of benzene rings is 3. The van der Waals surface area contributed by atoms with E-state index < -0.39 is 0 Å². The Kier molecular flexibility index (Phi) is 5.98. The monoisotopic (exact) mass is 437 g/mol. The summed E-state index contributed by atoms with van der Waals surface area (Å²) in [5, 5.41) is 2.72. The molecule has 3 aromatic rings. The van der Waals surface area contributed by atoms with Gasteiger partial charge < -0.3 is 14.2 Å². The van der Waals surface area contributed by atoms with Crippen LogP contribution in [0.15, 0.2) is 66.7 Å². The van der Waals surface area contributed by atoms with Crippen LogP contribution in [0.25, 0.3) is 0 Å². The Hall–Kier alpha value is -2.73. The second-order valence-electron chi connectivity index (χ2n) is 7.71. The van der Waals surface area contributed by atoms with Gasteiger partial charge in [0.25, 0.3) is 0 Å². The van der Waals surface area contributed by atoms with Gasteiger partial charge in [-0.3, -0.25) is 4.84 Å². The van der Waals surface area contributed by atoms with Gasteiger partial charge in [0.15, 0.2) is 11.5 Å². The van der Waals surface area contributed by atoms with Crippen LogP contribution >= 0.6 is 11.6 Å². The fraction of sp³-hybridized carbons (Fsp3) is 0.280. The van der Waals surface area contributed by atoms with Crippen LogP contribution in [-0.4, -0.2) is 25.0 Å². The highest BCUT2D eigenvalue weighted by Crippen LogP contribution is 2.33. The Bertz CT molecular complexity index is 1040. The van der Waals surface area contributed by atoms with Gasteiger partial charge >= 0.3 is 0 Å². The van der Waals surface area contributed by atoms with Crippen molar-refractivity contribution in [3.05, 3.63) is 88.4 Å². The molecular weight excluding hydrogens is 414 g/mol. The average Bonchev–Trinajstić information content (AvgIpc) is 3.17. The van der Waals surface area contributed by atoms with E-state index >= 15 is 0 Å². The Morgan fingerprint density at radius 3 is 2.68 bits per heavy atom. The van der Waals surface area contributed by atoms with Gasteiger partial charge in [0.05, 0.1) is 19.7 Å². The van der Waals surface area contributed by atoms with Crippen molar-refractivity contribution < 1.29 is 19.0 Å². The van der Waals surface area contributed by atoms with Crippen LogP contribution in [0.3, 0.4) is 0 Å². The molecule has 0 aromatic heterocycles. The maximum atomic E-state index is 6.34. The van der Waals surface area contributed by atoms with Crippen molar-refractivity contribution in [2.75, 3.05) is 19.9 Å². The van der Waals surface area contributed by atoms with E-state index in [4.69, 9.17) is 30.6 Å². The SMILES string of the molecule is Clc1ccc(C2CN(OCCCc3ccc4c(c3)OCO4)Cc3ccccc3O2)cc1. The van der Waals surface area contributed by atoms with Crippen molar-refractivity contribution in [1.82, 2.24) is 5.06 Å². The molecule has 0 N–H and O–H groups in total. The van der Waals surface area contributed by atoms with E-state index in [0.717, 1.165) is 46.2 Å². The molecule has 3 aromatic carbocycles. The first kappa shape index (κ1) is 20.2. The van der Waals surface area contributed by atoms with Crippen LogP contribution in [0.5, 0.6) is 17.2 Å². The second-order valence-corrected chi connectivity index (χ2v) is 8.15. The number of halogens is 1. The van der Waals surface area contributed by atoms with Gasteiger partial charge in [-0.25, -0.2) is 0 Å². The predicted octanol–water partition coefficient (Wildman–Crippen LogP) is 5.57. The number of rotatable bonds is 6. The fourth-order valence-electron chi connectivity index (χ4n) is 3.90. The van der Waals surface area contributed by atoms with Gasteiger partial charge in [-0.15, -0.1) is 0 Å². The molecule has 2 heterocycles.